The van der Waals surface area contributed by atoms with Gasteiger partial charge in [0.1, 0.15) is 0 Å². The third-order valence-electron chi connectivity index (χ3n) is 3.52. The number of unbranched alkanes of at least 4 members (excludes halogenated alkanes) is 2. The Hall–Kier alpha value is -1.40. The lowest BCUT2D eigenvalue weighted by molar-refractivity contribution is 0.0951. The summed E-state index contributed by atoms with van der Waals surface area (Å²) in [6.07, 6.45) is 4.10. The lowest BCUT2D eigenvalue weighted by Gasteiger charge is -2.20. The lowest BCUT2D eigenvalue weighted by atomic mass is 10.1. The second kappa shape index (κ2) is 8.90. The minimum atomic E-state index is -3.23. The average molecular weight is 326 g/mol. The van der Waals surface area contributed by atoms with Crippen LogP contribution in [0.3, 0.4) is 0 Å². The molecule has 0 fully saturated rings. The molecule has 0 saturated carbocycles. The Bertz CT molecular complexity index is 585. The number of carbonyl (C=O) groups is 1. The molecule has 22 heavy (non-hydrogen) atoms. The van der Waals surface area contributed by atoms with E-state index in [9.17, 15) is 13.2 Å². The standard InChI is InChI=1S/C16H26N2O3S/c1-4-5-8-12-18(22(3,20)21)13-11-17-16(19)15-10-7-6-9-14(15)2/h6-7,9-10H,4-5,8,11-13H2,1-3H3,(H,17,19). The van der Waals surface area contributed by atoms with E-state index in [2.05, 4.69) is 12.2 Å². The molecule has 0 spiro atoms. The first-order valence-electron chi connectivity index (χ1n) is 7.65. The number of benzene rings is 1. The zero-order valence-electron chi connectivity index (χ0n) is 13.6. The fourth-order valence-corrected chi connectivity index (χ4v) is 3.08. The molecule has 0 atom stereocenters. The number of nitrogens with zero attached hydrogens (tertiary/aromatic N) is 1. The Balaban J connectivity index is 2.52. The van der Waals surface area contributed by atoms with Gasteiger partial charge in [-0.15, -0.1) is 0 Å². The molecule has 0 aliphatic rings. The number of sulfonamides is 1. The summed E-state index contributed by atoms with van der Waals surface area (Å²) in [5, 5.41) is 2.79. The highest BCUT2D eigenvalue weighted by atomic mass is 32.2. The van der Waals surface area contributed by atoms with Crippen molar-refractivity contribution < 1.29 is 13.2 Å². The summed E-state index contributed by atoms with van der Waals surface area (Å²) in [7, 11) is -3.23. The molecule has 1 rings (SSSR count). The highest BCUT2D eigenvalue weighted by Crippen LogP contribution is 2.07. The van der Waals surface area contributed by atoms with Crippen molar-refractivity contribution in [1.82, 2.24) is 9.62 Å². The molecule has 0 aliphatic carbocycles. The number of rotatable bonds is 9. The molecule has 1 aromatic rings. The van der Waals surface area contributed by atoms with E-state index in [0.717, 1.165) is 24.8 Å². The predicted molar refractivity (Wildman–Crippen MR) is 89.5 cm³/mol. The van der Waals surface area contributed by atoms with Crippen LogP contribution in [0.1, 0.15) is 42.1 Å². The van der Waals surface area contributed by atoms with Crippen LogP contribution in [0.15, 0.2) is 24.3 Å². The Morgan fingerprint density at radius 1 is 1.18 bits per heavy atom. The summed E-state index contributed by atoms with van der Waals surface area (Å²) < 4.78 is 24.9. The summed E-state index contributed by atoms with van der Waals surface area (Å²) >= 11 is 0. The molecule has 1 N–H and O–H groups in total. The number of aryl methyl sites for hydroxylation is 1. The van der Waals surface area contributed by atoms with Gasteiger partial charge in [-0.1, -0.05) is 38.0 Å². The van der Waals surface area contributed by atoms with Crippen molar-refractivity contribution in [2.45, 2.75) is 33.1 Å². The van der Waals surface area contributed by atoms with Crippen molar-refractivity contribution in [2.24, 2.45) is 0 Å². The van der Waals surface area contributed by atoms with Crippen LogP contribution in [-0.4, -0.2) is 44.5 Å². The predicted octanol–water partition coefficient (Wildman–Crippen LogP) is 2.18. The fourth-order valence-electron chi connectivity index (χ4n) is 2.20. The SMILES string of the molecule is CCCCCN(CCNC(=O)c1ccccc1C)S(C)(=O)=O. The van der Waals surface area contributed by atoms with Gasteiger partial charge in [0.2, 0.25) is 10.0 Å². The van der Waals surface area contributed by atoms with Gasteiger partial charge in [0.25, 0.3) is 5.91 Å². The van der Waals surface area contributed by atoms with E-state index < -0.39 is 10.0 Å². The monoisotopic (exact) mass is 326 g/mol. The maximum atomic E-state index is 12.1. The van der Waals surface area contributed by atoms with Gasteiger partial charge in [-0.25, -0.2) is 12.7 Å². The molecular weight excluding hydrogens is 300 g/mol. The first-order valence-corrected chi connectivity index (χ1v) is 9.50. The third-order valence-corrected chi connectivity index (χ3v) is 4.82. The highest BCUT2D eigenvalue weighted by Gasteiger charge is 2.16. The van der Waals surface area contributed by atoms with E-state index in [1.165, 1.54) is 10.6 Å². The van der Waals surface area contributed by atoms with Crippen molar-refractivity contribution in [3.05, 3.63) is 35.4 Å². The van der Waals surface area contributed by atoms with Gasteiger partial charge in [-0.2, -0.15) is 0 Å². The molecule has 0 saturated heterocycles. The van der Waals surface area contributed by atoms with E-state index in [-0.39, 0.29) is 5.91 Å². The Morgan fingerprint density at radius 2 is 1.86 bits per heavy atom. The molecular formula is C16H26N2O3S. The topological polar surface area (TPSA) is 66.5 Å². The van der Waals surface area contributed by atoms with Gasteiger partial charge in [0, 0.05) is 25.2 Å². The number of carbonyl (C=O) groups excluding carboxylic acids is 1. The number of hydrogen-bond donors (Lipinski definition) is 1. The van der Waals surface area contributed by atoms with Gasteiger partial charge in [0.15, 0.2) is 0 Å². The summed E-state index contributed by atoms with van der Waals surface area (Å²) in [6.45, 7) is 5.08. The maximum Gasteiger partial charge on any atom is 0.251 e. The maximum absolute atomic E-state index is 12.1. The minimum absolute atomic E-state index is 0.167. The summed E-state index contributed by atoms with van der Waals surface area (Å²) in [5.41, 5.74) is 1.53. The second-order valence-electron chi connectivity index (χ2n) is 5.44. The van der Waals surface area contributed by atoms with Crippen molar-refractivity contribution in [3.63, 3.8) is 0 Å². The minimum Gasteiger partial charge on any atom is -0.351 e. The first kappa shape index (κ1) is 18.6. The largest absolute Gasteiger partial charge is 0.351 e. The van der Waals surface area contributed by atoms with Crippen LogP contribution in [0.5, 0.6) is 0 Å². The van der Waals surface area contributed by atoms with E-state index >= 15 is 0 Å². The fraction of sp³-hybridized carbons (Fsp3) is 0.562. The molecule has 5 nitrogen and oxygen atoms in total. The molecule has 124 valence electrons. The first-order chi connectivity index (χ1) is 10.4. The highest BCUT2D eigenvalue weighted by molar-refractivity contribution is 7.88. The molecule has 0 bridgehead atoms. The van der Waals surface area contributed by atoms with Crippen molar-refractivity contribution in [1.29, 1.82) is 0 Å². The molecule has 1 aromatic carbocycles. The Morgan fingerprint density at radius 3 is 2.45 bits per heavy atom. The zero-order chi connectivity index (χ0) is 16.6. The van der Waals surface area contributed by atoms with Crippen LogP contribution < -0.4 is 5.32 Å². The normalized spacial score (nSPS) is 11.6. The smallest absolute Gasteiger partial charge is 0.251 e. The summed E-state index contributed by atoms with van der Waals surface area (Å²) in [5.74, 6) is -0.167. The van der Waals surface area contributed by atoms with Crippen LogP contribution >= 0.6 is 0 Å². The second-order valence-corrected chi connectivity index (χ2v) is 7.42. The zero-order valence-corrected chi connectivity index (χ0v) is 14.4. The molecule has 1 amide bonds. The number of amides is 1. The van der Waals surface area contributed by atoms with E-state index in [1.54, 1.807) is 6.07 Å². The average Bonchev–Trinajstić information content (AvgIpc) is 2.45. The Kier molecular flexibility index (Phi) is 7.55. The van der Waals surface area contributed by atoms with Crippen LogP contribution in [-0.2, 0) is 10.0 Å². The molecule has 0 heterocycles. The van der Waals surface area contributed by atoms with Gasteiger partial charge in [-0.05, 0) is 25.0 Å². The molecule has 0 aromatic heterocycles. The van der Waals surface area contributed by atoms with Gasteiger partial charge >= 0.3 is 0 Å². The summed E-state index contributed by atoms with van der Waals surface area (Å²) in [6, 6.07) is 7.34. The molecule has 0 aliphatic heterocycles. The number of hydrogen-bond acceptors (Lipinski definition) is 3. The van der Waals surface area contributed by atoms with Crippen molar-refractivity contribution in [2.75, 3.05) is 25.9 Å². The Labute approximate surface area is 133 Å². The van der Waals surface area contributed by atoms with Crippen LogP contribution in [0.25, 0.3) is 0 Å². The van der Waals surface area contributed by atoms with Crippen LogP contribution in [0, 0.1) is 6.92 Å². The lowest BCUT2D eigenvalue weighted by Crippen LogP contribution is -2.38. The van der Waals surface area contributed by atoms with Gasteiger partial charge in [0.05, 0.1) is 6.26 Å². The van der Waals surface area contributed by atoms with Gasteiger partial charge < -0.3 is 5.32 Å². The van der Waals surface area contributed by atoms with Crippen LogP contribution in [0.2, 0.25) is 0 Å². The van der Waals surface area contributed by atoms with Crippen molar-refractivity contribution in [3.8, 4) is 0 Å². The molecule has 0 unspecified atom stereocenters. The van der Waals surface area contributed by atoms with Crippen molar-refractivity contribution >= 4 is 15.9 Å². The van der Waals surface area contributed by atoms with E-state index in [1.807, 2.05) is 25.1 Å². The van der Waals surface area contributed by atoms with Gasteiger partial charge in [-0.3, -0.25) is 4.79 Å². The van der Waals surface area contributed by atoms with Crippen LogP contribution in [0.4, 0.5) is 0 Å². The molecule has 6 heteroatoms. The number of nitrogens with one attached hydrogen (secondary N) is 1. The summed E-state index contributed by atoms with van der Waals surface area (Å²) in [4.78, 5) is 12.1. The quantitative estimate of drug-likeness (QED) is 0.707. The molecule has 0 radical (unpaired) electrons. The third kappa shape index (κ3) is 6.15. The van der Waals surface area contributed by atoms with E-state index in [0.29, 0.717) is 25.2 Å². The van der Waals surface area contributed by atoms with E-state index in [4.69, 9.17) is 0 Å².